The van der Waals surface area contributed by atoms with Crippen LogP contribution < -0.4 is 0 Å². The fraction of sp³-hybridized carbons (Fsp3) is 0.913. The normalized spacial score (nSPS) is 9.85. The second kappa shape index (κ2) is 32.9. The number of unbranched alkanes of at least 4 members (excludes halogenated alkanes) is 11. The molecule has 0 bridgehead atoms. The van der Waals surface area contributed by atoms with Gasteiger partial charge in [-0.3, -0.25) is 0 Å². The summed E-state index contributed by atoms with van der Waals surface area (Å²) >= 11 is 0. The second-order valence-corrected chi connectivity index (χ2v) is 6.92. The van der Waals surface area contributed by atoms with E-state index in [1.54, 1.807) is 14.2 Å². The number of carbonyl (C=O) groups excluding carboxylic acids is 2. The van der Waals surface area contributed by atoms with Gasteiger partial charge < -0.3 is 19.2 Å². The third-order valence-electron chi connectivity index (χ3n) is 4.32. The van der Waals surface area contributed by atoms with E-state index < -0.39 is 0 Å². The highest BCUT2D eigenvalue weighted by atomic mass is 16.4. The molecule has 4 heteroatoms. The maximum Gasteiger partial charge on any atom is 0.119 e. The van der Waals surface area contributed by atoms with Crippen LogP contribution in [0.1, 0.15) is 104 Å². The first-order valence-electron chi connectivity index (χ1n) is 11.1. The van der Waals surface area contributed by atoms with Gasteiger partial charge in [0.25, 0.3) is 0 Å². The average molecular weight is 388 g/mol. The predicted octanol–water partition coefficient (Wildman–Crippen LogP) is 6.07. The van der Waals surface area contributed by atoms with Crippen LogP contribution in [0.5, 0.6) is 0 Å². The zero-order valence-electron chi connectivity index (χ0n) is 19.1. The lowest BCUT2D eigenvalue weighted by molar-refractivity contribution is -0.108. The molecule has 0 atom stereocenters. The first kappa shape index (κ1) is 31.0. The molecule has 0 rings (SSSR count). The molecule has 4 nitrogen and oxygen atoms in total. The van der Waals surface area contributed by atoms with E-state index in [4.69, 9.17) is 4.79 Å². The van der Waals surface area contributed by atoms with Gasteiger partial charge in [-0.15, -0.1) is 0 Å². The maximum atomic E-state index is 10.2. The van der Waals surface area contributed by atoms with E-state index in [9.17, 15) is 4.79 Å². The summed E-state index contributed by atoms with van der Waals surface area (Å²) in [5, 5.41) is 0. The molecule has 0 aliphatic rings. The minimum atomic E-state index is 0.749. The lowest BCUT2D eigenvalue weighted by Crippen LogP contribution is -2.25. The van der Waals surface area contributed by atoms with Gasteiger partial charge in [0.2, 0.25) is 0 Å². The van der Waals surface area contributed by atoms with Crippen LogP contribution >= 0.6 is 0 Å². The number of nitrogens with zero attached hydrogens (tertiary/aromatic N) is 1. The number of carbonyl (C=O) groups is 2. The van der Waals surface area contributed by atoms with Crippen molar-refractivity contribution in [2.24, 2.45) is 0 Å². The van der Waals surface area contributed by atoms with Crippen LogP contribution in [0.4, 0.5) is 0 Å². The van der Waals surface area contributed by atoms with E-state index >= 15 is 0 Å². The Bertz CT molecular complexity index is 260. The summed E-state index contributed by atoms with van der Waals surface area (Å²) < 4.78 is 4.25. The van der Waals surface area contributed by atoms with Crippen LogP contribution in [-0.4, -0.2) is 51.3 Å². The Kier molecular flexibility index (Phi) is 37.7. The molecule has 0 amide bonds. The average Bonchev–Trinajstić information content (AvgIpc) is 2.66. The SMILES string of the molecule is CC=O.CCCCCCCCCN(CC)CCCCCCCC=O.COC. The highest BCUT2D eigenvalue weighted by Gasteiger charge is 2.01. The van der Waals surface area contributed by atoms with E-state index in [2.05, 4.69) is 23.5 Å². The van der Waals surface area contributed by atoms with Gasteiger partial charge in [-0.25, -0.2) is 0 Å². The molecule has 0 fully saturated rings. The number of aldehydes is 2. The standard InChI is InChI=1S/C19H39NO.C2H6O.C2H4O/c1-3-5-6-7-8-11-14-17-20(4-2)18-15-12-9-10-13-16-19-21;1-3-2;1-2-3/h19H,3-18H2,1-2H3;1-2H3;2H,1H3. The van der Waals surface area contributed by atoms with Crippen molar-refractivity contribution >= 4 is 12.6 Å². The molecule has 0 aromatic heterocycles. The van der Waals surface area contributed by atoms with Crippen LogP contribution in [-0.2, 0) is 14.3 Å². The van der Waals surface area contributed by atoms with Crippen molar-refractivity contribution in [2.75, 3.05) is 33.9 Å². The van der Waals surface area contributed by atoms with Gasteiger partial charge in [-0.05, 0) is 45.8 Å². The van der Waals surface area contributed by atoms with Crippen molar-refractivity contribution < 1.29 is 14.3 Å². The van der Waals surface area contributed by atoms with E-state index in [0.29, 0.717) is 0 Å². The monoisotopic (exact) mass is 387 g/mol. The summed E-state index contributed by atoms with van der Waals surface area (Å²) in [4.78, 5) is 21.6. The third kappa shape index (κ3) is 36.8. The predicted molar refractivity (Wildman–Crippen MR) is 119 cm³/mol. The molecule has 0 saturated carbocycles. The van der Waals surface area contributed by atoms with E-state index in [0.717, 1.165) is 25.4 Å². The largest absolute Gasteiger partial charge is 0.388 e. The van der Waals surface area contributed by atoms with Gasteiger partial charge in [-0.2, -0.15) is 0 Å². The molecular weight excluding hydrogens is 338 g/mol. The molecule has 0 unspecified atom stereocenters. The van der Waals surface area contributed by atoms with Crippen molar-refractivity contribution in [3.63, 3.8) is 0 Å². The Morgan fingerprint density at radius 3 is 1.44 bits per heavy atom. The molecule has 0 N–H and O–H groups in total. The summed E-state index contributed by atoms with van der Waals surface area (Å²) in [7, 11) is 3.25. The van der Waals surface area contributed by atoms with Gasteiger partial charge in [-0.1, -0.05) is 71.6 Å². The Morgan fingerprint density at radius 1 is 0.704 bits per heavy atom. The van der Waals surface area contributed by atoms with Crippen molar-refractivity contribution in [2.45, 2.75) is 104 Å². The number of rotatable bonds is 17. The topological polar surface area (TPSA) is 46.6 Å². The summed E-state index contributed by atoms with van der Waals surface area (Å²) in [5.41, 5.74) is 0. The summed E-state index contributed by atoms with van der Waals surface area (Å²) in [6.07, 6.45) is 18.6. The van der Waals surface area contributed by atoms with Crippen molar-refractivity contribution in [3.05, 3.63) is 0 Å². The van der Waals surface area contributed by atoms with Gasteiger partial charge in [0.05, 0.1) is 0 Å². The molecule has 27 heavy (non-hydrogen) atoms. The molecule has 0 aliphatic heterocycles. The zero-order chi connectivity index (χ0) is 21.0. The molecule has 0 aromatic carbocycles. The summed E-state index contributed by atoms with van der Waals surface area (Å²) in [6, 6.07) is 0. The van der Waals surface area contributed by atoms with Crippen molar-refractivity contribution in [1.29, 1.82) is 0 Å². The molecule has 0 saturated heterocycles. The summed E-state index contributed by atoms with van der Waals surface area (Å²) in [6.45, 7) is 9.75. The minimum Gasteiger partial charge on any atom is -0.388 e. The van der Waals surface area contributed by atoms with Crippen LogP contribution in [0.2, 0.25) is 0 Å². The van der Waals surface area contributed by atoms with Gasteiger partial charge in [0.1, 0.15) is 12.6 Å². The molecule has 0 aliphatic carbocycles. The smallest absolute Gasteiger partial charge is 0.119 e. The lowest BCUT2D eigenvalue weighted by Gasteiger charge is -2.20. The number of methoxy groups -OCH3 is 1. The van der Waals surface area contributed by atoms with Crippen LogP contribution in [0.25, 0.3) is 0 Å². The molecule has 0 spiro atoms. The van der Waals surface area contributed by atoms with E-state index in [1.165, 1.54) is 97.2 Å². The highest BCUT2D eigenvalue weighted by Crippen LogP contribution is 2.09. The first-order chi connectivity index (χ1) is 13.2. The van der Waals surface area contributed by atoms with Gasteiger partial charge in [0, 0.05) is 20.6 Å². The number of ether oxygens (including phenoxy) is 1. The maximum absolute atomic E-state index is 10.2. The molecular formula is C23H49NO3. The second-order valence-electron chi connectivity index (χ2n) is 6.92. The Balaban J connectivity index is -0.000000840. The van der Waals surface area contributed by atoms with E-state index in [-0.39, 0.29) is 0 Å². The minimum absolute atomic E-state index is 0.749. The summed E-state index contributed by atoms with van der Waals surface area (Å²) in [5.74, 6) is 0. The molecule has 164 valence electrons. The van der Waals surface area contributed by atoms with Gasteiger partial charge in [0.15, 0.2) is 0 Å². The van der Waals surface area contributed by atoms with Gasteiger partial charge >= 0.3 is 0 Å². The molecule has 0 aromatic rings. The van der Waals surface area contributed by atoms with E-state index in [1.807, 2.05) is 0 Å². The fourth-order valence-electron chi connectivity index (χ4n) is 2.81. The lowest BCUT2D eigenvalue weighted by atomic mass is 10.1. The number of hydrogen-bond acceptors (Lipinski definition) is 4. The quantitative estimate of drug-likeness (QED) is 0.224. The number of hydrogen-bond donors (Lipinski definition) is 0. The highest BCUT2D eigenvalue weighted by molar-refractivity contribution is 5.48. The molecule has 0 heterocycles. The van der Waals surface area contributed by atoms with Crippen LogP contribution in [0.3, 0.4) is 0 Å². The van der Waals surface area contributed by atoms with Crippen LogP contribution in [0, 0.1) is 0 Å². The zero-order valence-corrected chi connectivity index (χ0v) is 19.1. The first-order valence-corrected chi connectivity index (χ1v) is 11.1. The van der Waals surface area contributed by atoms with Crippen LogP contribution in [0.15, 0.2) is 0 Å². The Labute approximate surface area is 170 Å². The van der Waals surface area contributed by atoms with Crippen molar-refractivity contribution in [1.82, 2.24) is 4.90 Å². The van der Waals surface area contributed by atoms with Crippen molar-refractivity contribution in [3.8, 4) is 0 Å². The molecule has 0 radical (unpaired) electrons. The Morgan fingerprint density at radius 2 is 1.07 bits per heavy atom. The fourth-order valence-corrected chi connectivity index (χ4v) is 2.81. The third-order valence-corrected chi connectivity index (χ3v) is 4.32. The Hall–Kier alpha value is -0.740.